The molecular weight excluding hydrogens is 328 g/mol. The molecule has 5 heteroatoms. The highest BCUT2D eigenvalue weighted by molar-refractivity contribution is 5.87. The van der Waals surface area contributed by atoms with Gasteiger partial charge in [-0.05, 0) is 31.0 Å². The molecule has 0 aliphatic rings. The molecule has 0 bridgehead atoms. The summed E-state index contributed by atoms with van der Waals surface area (Å²) in [7, 11) is 0. The van der Waals surface area contributed by atoms with Gasteiger partial charge in [0.2, 0.25) is 6.10 Å². The third kappa shape index (κ3) is 3.57. The summed E-state index contributed by atoms with van der Waals surface area (Å²) in [5.41, 5.74) is 9.43. The highest BCUT2D eigenvalue weighted by Gasteiger charge is 2.23. The summed E-state index contributed by atoms with van der Waals surface area (Å²) in [5.74, 6) is -1.21. The lowest BCUT2D eigenvalue weighted by atomic mass is 9.99. The maximum atomic E-state index is 12.5. The van der Waals surface area contributed by atoms with Crippen LogP contribution in [0.3, 0.4) is 0 Å². The van der Waals surface area contributed by atoms with Crippen LogP contribution in [0.4, 0.5) is 0 Å². The molecular formula is C21H20N2O3. The van der Waals surface area contributed by atoms with Crippen LogP contribution in [0, 0.1) is 13.8 Å². The number of fused-ring (bicyclic) bond motifs is 1. The molecule has 1 amide bonds. The Bertz CT molecular complexity index is 968. The second-order valence-corrected chi connectivity index (χ2v) is 6.18. The van der Waals surface area contributed by atoms with Crippen LogP contribution in [0.15, 0.2) is 54.6 Å². The smallest absolute Gasteiger partial charge is 0.311 e. The number of nitrogens with zero attached hydrogens (tertiary/aromatic N) is 1. The lowest BCUT2D eigenvalue weighted by Gasteiger charge is -2.17. The quantitative estimate of drug-likeness (QED) is 0.718. The van der Waals surface area contributed by atoms with Crippen LogP contribution in [0.1, 0.15) is 28.5 Å². The van der Waals surface area contributed by atoms with Crippen LogP contribution in [-0.2, 0) is 20.7 Å². The summed E-state index contributed by atoms with van der Waals surface area (Å²) in [5, 5.41) is 0.996. The monoisotopic (exact) mass is 348 g/mol. The van der Waals surface area contributed by atoms with E-state index in [4.69, 9.17) is 10.5 Å². The number of ether oxygens (including phenoxy) is 1. The van der Waals surface area contributed by atoms with E-state index in [0.717, 1.165) is 27.7 Å². The number of aryl methyl sites for hydroxylation is 2. The second-order valence-electron chi connectivity index (χ2n) is 6.18. The Kier molecular flexibility index (Phi) is 4.98. The van der Waals surface area contributed by atoms with E-state index in [0.29, 0.717) is 5.56 Å². The van der Waals surface area contributed by atoms with Crippen molar-refractivity contribution in [2.24, 2.45) is 5.73 Å². The van der Waals surface area contributed by atoms with Crippen molar-refractivity contribution in [1.82, 2.24) is 4.98 Å². The third-order valence-corrected chi connectivity index (χ3v) is 4.42. The van der Waals surface area contributed by atoms with Crippen LogP contribution in [-0.4, -0.2) is 16.9 Å². The zero-order valence-corrected chi connectivity index (χ0v) is 14.7. The second kappa shape index (κ2) is 7.35. The average molecular weight is 348 g/mol. The first-order chi connectivity index (χ1) is 12.5. The number of primary amides is 1. The molecule has 3 aromatic rings. The highest BCUT2D eigenvalue weighted by atomic mass is 16.5. The lowest BCUT2D eigenvalue weighted by molar-refractivity contribution is -0.154. The number of amides is 1. The fourth-order valence-corrected chi connectivity index (χ4v) is 3.07. The minimum Gasteiger partial charge on any atom is -0.447 e. The Morgan fingerprint density at radius 3 is 2.38 bits per heavy atom. The maximum absolute atomic E-state index is 12.5. The molecule has 0 radical (unpaired) electrons. The molecule has 0 saturated heterocycles. The van der Waals surface area contributed by atoms with Gasteiger partial charge in [0.25, 0.3) is 5.91 Å². The molecule has 1 aromatic heterocycles. The zero-order chi connectivity index (χ0) is 18.7. The Morgan fingerprint density at radius 1 is 1.04 bits per heavy atom. The molecule has 1 heterocycles. The highest BCUT2D eigenvalue weighted by Crippen LogP contribution is 2.24. The van der Waals surface area contributed by atoms with Gasteiger partial charge in [-0.25, -0.2) is 0 Å². The van der Waals surface area contributed by atoms with Crippen molar-refractivity contribution >= 4 is 22.8 Å². The first kappa shape index (κ1) is 17.6. The van der Waals surface area contributed by atoms with Crippen molar-refractivity contribution in [1.29, 1.82) is 0 Å². The zero-order valence-electron chi connectivity index (χ0n) is 14.7. The van der Waals surface area contributed by atoms with Gasteiger partial charge in [-0.2, -0.15) is 0 Å². The minimum atomic E-state index is -1.10. The molecule has 0 aliphatic carbocycles. The van der Waals surface area contributed by atoms with Crippen LogP contribution in [0.2, 0.25) is 0 Å². The van der Waals surface area contributed by atoms with Crippen molar-refractivity contribution in [2.75, 3.05) is 0 Å². The number of carbonyl (C=O) groups is 2. The molecule has 2 aromatic carbocycles. The topological polar surface area (TPSA) is 82.3 Å². The van der Waals surface area contributed by atoms with E-state index in [1.165, 1.54) is 0 Å². The van der Waals surface area contributed by atoms with Gasteiger partial charge in [-0.1, -0.05) is 48.5 Å². The summed E-state index contributed by atoms with van der Waals surface area (Å²) in [6, 6.07) is 16.5. The van der Waals surface area contributed by atoms with E-state index in [1.807, 2.05) is 44.2 Å². The van der Waals surface area contributed by atoms with Crippen LogP contribution >= 0.6 is 0 Å². The van der Waals surface area contributed by atoms with E-state index in [2.05, 4.69) is 4.98 Å². The normalized spacial score (nSPS) is 11.9. The number of pyridine rings is 1. The fraction of sp³-hybridized carbons (Fsp3) is 0.190. The van der Waals surface area contributed by atoms with Gasteiger partial charge < -0.3 is 10.5 Å². The molecule has 132 valence electrons. The number of rotatable bonds is 5. The summed E-state index contributed by atoms with van der Waals surface area (Å²) >= 11 is 0. The van der Waals surface area contributed by atoms with Gasteiger partial charge >= 0.3 is 5.97 Å². The van der Waals surface area contributed by atoms with Gasteiger partial charge in [0.15, 0.2) is 0 Å². The molecule has 2 N–H and O–H groups in total. The maximum Gasteiger partial charge on any atom is 0.311 e. The number of nitrogens with two attached hydrogens (primary N) is 1. The van der Waals surface area contributed by atoms with E-state index in [-0.39, 0.29) is 6.42 Å². The molecule has 0 saturated carbocycles. The average Bonchev–Trinajstić information content (AvgIpc) is 2.63. The fourth-order valence-electron chi connectivity index (χ4n) is 3.07. The van der Waals surface area contributed by atoms with Crippen molar-refractivity contribution in [3.63, 3.8) is 0 Å². The summed E-state index contributed by atoms with van der Waals surface area (Å²) in [4.78, 5) is 28.8. The lowest BCUT2D eigenvalue weighted by Crippen LogP contribution is -2.27. The molecule has 26 heavy (non-hydrogen) atoms. The van der Waals surface area contributed by atoms with Gasteiger partial charge in [0.1, 0.15) is 0 Å². The van der Waals surface area contributed by atoms with Gasteiger partial charge in [-0.15, -0.1) is 0 Å². The molecule has 0 fully saturated rings. The Hall–Kier alpha value is -3.21. The Morgan fingerprint density at radius 2 is 1.69 bits per heavy atom. The molecule has 5 nitrogen and oxygen atoms in total. The Balaban J connectivity index is 1.86. The SMILES string of the molecule is Cc1nc2ccccc2c(C)c1CC(=O)O[C@H](C(N)=O)c1ccccc1. The molecule has 0 aliphatic heterocycles. The van der Waals surface area contributed by atoms with E-state index >= 15 is 0 Å². The predicted octanol–water partition coefficient (Wildman–Crippen LogP) is 3.16. The summed E-state index contributed by atoms with van der Waals surface area (Å²) < 4.78 is 5.38. The first-order valence-corrected chi connectivity index (χ1v) is 8.36. The molecule has 1 atom stereocenters. The van der Waals surface area contributed by atoms with Crippen LogP contribution in [0.25, 0.3) is 10.9 Å². The standard InChI is InChI=1S/C21H20N2O3/c1-13-16-10-6-7-11-18(16)23-14(2)17(13)12-19(24)26-20(21(22)25)15-8-4-3-5-9-15/h3-11,20H,12H2,1-2H3,(H2,22,25)/t20-/m0/s1. The van der Waals surface area contributed by atoms with E-state index < -0.39 is 18.0 Å². The molecule has 0 unspecified atom stereocenters. The minimum absolute atomic E-state index is 0.0338. The summed E-state index contributed by atoms with van der Waals surface area (Å²) in [6.45, 7) is 3.83. The summed E-state index contributed by atoms with van der Waals surface area (Å²) in [6.07, 6.45) is -1.07. The third-order valence-electron chi connectivity index (χ3n) is 4.42. The van der Waals surface area contributed by atoms with Crippen molar-refractivity contribution < 1.29 is 14.3 Å². The number of hydrogen-bond acceptors (Lipinski definition) is 4. The number of aromatic nitrogens is 1. The van der Waals surface area contributed by atoms with Gasteiger partial charge in [0.05, 0.1) is 11.9 Å². The predicted molar refractivity (Wildman–Crippen MR) is 99.4 cm³/mol. The van der Waals surface area contributed by atoms with Crippen molar-refractivity contribution in [3.8, 4) is 0 Å². The molecule has 3 rings (SSSR count). The van der Waals surface area contributed by atoms with Gasteiger partial charge in [-0.3, -0.25) is 14.6 Å². The van der Waals surface area contributed by atoms with Crippen molar-refractivity contribution in [2.45, 2.75) is 26.4 Å². The molecule has 0 spiro atoms. The number of hydrogen-bond donors (Lipinski definition) is 1. The number of para-hydroxylation sites is 1. The van der Waals surface area contributed by atoms with E-state index in [1.54, 1.807) is 24.3 Å². The van der Waals surface area contributed by atoms with Gasteiger partial charge in [0, 0.05) is 16.6 Å². The van der Waals surface area contributed by atoms with Crippen molar-refractivity contribution in [3.05, 3.63) is 77.0 Å². The van der Waals surface area contributed by atoms with Crippen LogP contribution in [0.5, 0.6) is 0 Å². The first-order valence-electron chi connectivity index (χ1n) is 8.36. The largest absolute Gasteiger partial charge is 0.447 e. The number of benzene rings is 2. The van der Waals surface area contributed by atoms with E-state index in [9.17, 15) is 9.59 Å². The number of esters is 1. The number of carbonyl (C=O) groups excluding carboxylic acids is 2. The Labute approximate surface area is 151 Å². The van der Waals surface area contributed by atoms with Crippen LogP contribution < -0.4 is 5.73 Å².